The summed E-state index contributed by atoms with van der Waals surface area (Å²) in [6, 6.07) is 6.45. The van der Waals surface area contributed by atoms with Crippen molar-refractivity contribution in [3.8, 4) is 0 Å². The van der Waals surface area contributed by atoms with Crippen LogP contribution in [0, 0.1) is 0 Å². The number of hydrogen-bond acceptors (Lipinski definition) is 4. The van der Waals surface area contributed by atoms with Crippen LogP contribution in [0.4, 0.5) is 11.4 Å². The van der Waals surface area contributed by atoms with Gasteiger partial charge in [-0.1, -0.05) is 0 Å². The number of unbranched alkanes of at least 4 members (excludes halogenated alkanes) is 2. The molecule has 0 aliphatic carbocycles. The van der Waals surface area contributed by atoms with Gasteiger partial charge in [0.2, 0.25) is 5.91 Å². The van der Waals surface area contributed by atoms with Crippen molar-refractivity contribution in [2.75, 3.05) is 23.8 Å². The van der Waals surface area contributed by atoms with E-state index in [4.69, 9.17) is 5.11 Å². The van der Waals surface area contributed by atoms with Gasteiger partial charge < -0.3 is 21.1 Å². The van der Waals surface area contributed by atoms with Gasteiger partial charge in [0.15, 0.2) is 0 Å². The van der Waals surface area contributed by atoms with Crippen LogP contribution >= 0.6 is 0 Å². The predicted molar refractivity (Wildman–Crippen MR) is 83.3 cm³/mol. The van der Waals surface area contributed by atoms with Crippen molar-refractivity contribution >= 4 is 29.1 Å². The standard InChI is InChI=1S/C15H21N3O4/c1-11(20)17-12-5-7-13(8-6-12)18-15(22)14(21)16-9-3-2-4-10-19/h5-8,19H,2-4,9-10H2,1H3,(H,16,21)(H,17,20)(H,18,22). The van der Waals surface area contributed by atoms with Crippen LogP contribution in [0.5, 0.6) is 0 Å². The molecular weight excluding hydrogens is 286 g/mol. The summed E-state index contributed by atoms with van der Waals surface area (Å²) >= 11 is 0. The highest BCUT2D eigenvalue weighted by Crippen LogP contribution is 2.13. The van der Waals surface area contributed by atoms with Gasteiger partial charge in [0.25, 0.3) is 0 Å². The maximum absolute atomic E-state index is 11.7. The summed E-state index contributed by atoms with van der Waals surface area (Å²) in [7, 11) is 0. The molecule has 0 bridgehead atoms. The zero-order chi connectivity index (χ0) is 16.4. The third-order valence-corrected chi connectivity index (χ3v) is 2.79. The number of amides is 3. The average Bonchev–Trinajstić information content (AvgIpc) is 2.48. The Bertz CT molecular complexity index is 514. The summed E-state index contributed by atoms with van der Waals surface area (Å²) < 4.78 is 0. The van der Waals surface area contributed by atoms with E-state index in [-0.39, 0.29) is 12.5 Å². The minimum Gasteiger partial charge on any atom is -0.396 e. The van der Waals surface area contributed by atoms with Crippen LogP contribution in [0.25, 0.3) is 0 Å². The van der Waals surface area contributed by atoms with Gasteiger partial charge >= 0.3 is 11.8 Å². The van der Waals surface area contributed by atoms with E-state index in [1.54, 1.807) is 24.3 Å². The number of nitrogens with one attached hydrogen (secondary N) is 3. The number of anilines is 2. The lowest BCUT2D eigenvalue weighted by molar-refractivity contribution is -0.136. The summed E-state index contributed by atoms with van der Waals surface area (Å²) in [5.74, 6) is -1.62. The monoisotopic (exact) mass is 307 g/mol. The maximum Gasteiger partial charge on any atom is 0.313 e. The van der Waals surface area contributed by atoms with Gasteiger partial charge in [0.05, 0.1) is 0 Å². The van der Waals surface area contributed by atoms with E-state index in [9.17, 15) is 14.4 Å². The first kappa shape index (κ1) is 17.6. The van der Waals surface area contributed by atoms with Gasteiger partial charge in [-0.25, -0.2) is 0 Å². The molecule has 7 nitrogen and oxygen atoms in total. The Labute approximate surface area is 129 Å². The van der Waals surface area contributed by atoms with Crippen LogP contribution in [0.15, 0.2) is 24.3 Å². The fraction of sp³-hybridized carbons (Fsp3) is 0.400. The molecule has 0 saturated heterocycles. The van der Waals surface area contributed by atoms with Crippen LogP contribution < -0.4 is 16.0 Å². The van der Waals surface area contributed by atoms with Gasteiger partial charge in [-0.2, -0.15) is 0 Å². The van der Waals surface area contributed by atoms with Crippen molar-refractivity contribution in [1.82, 2.24) is 5.32 Å². The number of aliphatic hydroxyl groups is 1. The Balaban J connectivity index is 2.37. The molecule has 1 aromatic rings. The summed E-state index contributed by atoms with van der Waals surface area (Å²) in [6.07, 6.45) is 2.19. The van der Waals surface area contributed by atoms with Crippen LogP contribution in [0.2, 0.25) is 0 Å². The van der Waals surface area contributed by atoms with Crippen molar-refractivity contribution in [3.05, 3.63) is 24.3 Å². The number of hydrogen-bond donors (Lipinski definition) is 4. The van der Waals surface area contributed by atoms with E-state index in [1.807, 2.05) is 0 Å². The van der Waals surface area contributed by atoms with E-state index in [2.05, 4.69) is 16.0 Å². The molecule has 3 amide bonds. The SMILES string of the molecule is CC(=O)Nc1ccc(NC(=O)C(=O)NCCCCCO)cc1. The first-order chi connectivity index (χ1) is 10.5. The molecule has 0 atom stereocenters. The highest BCUT2D eigenvalue weighted by Gasteiger charge is 2.12. The molecule has 120 valence electrons. The highest BCUT2D eigenvalue weighted by atomic mass is 16.3. The van der Waals surface area contributed by atoms with E-state index in [1.165, 1.54) is 6.92 Å². The van der Waals surface area contributed by atoms with Gasteiger partial charge in [0, 0.05) is 31.5 Å². The second-order valence-corrected chi connectivity index (χ2v) is 4.75. The Morgan fingerprint density at radius 1 is 0.909 bits per heavy atom. The van der Waals surface area contributed by atoms with Gasteiger partial charge in [-0.05, 0) is 43.5 Å². The molecule has 22 heavy (non-hydrogen) atoms. The topological polar surface area (TPSA) is 108 Å². The number of aliphatic hydroxyl groups excluding tert-OH is 1. The third kappa shape index (κ3) is 6.85. The minimum absolute atomic E-state index is 0.128. The van der Waals surface area contributed by atoms with E-state index in [0.29, 0.717) is 30.8 Å². The zero-order valence-electron chi connectivity index (χ0n) is 12.5. The number of benzene rings is 1. The predicted octanol–water partition coefficient (Wildman–Crippen LogP) is 0.862. The summed E-state index contributed by atoms with van der Waals surface area (Å²) in [5, 5.41) is 16.2. The molecule has 0 aliphatic heterocycles. The molecule has 0 aromatic heterocycles. The summed E-state index contributed by atoms with van der Waals surface area (Å²) in [5.41, 5.74) is 1.08. The van der Waals surface area contributed by atoms with Crippen molar-refractivity contribution in [3.63, 3.8) is 0 Å². The van der Waals surface area contributed by atoms with Gasteiger partial charge in [0.1, 0.15) is 0 Å². The highest BCUT2D eigenvalue weighted by molar-refractivity contribution is 6.39. The number of carbonyl (C=O) groups excluding carboxylic acids is 3. The molecule has 0 unspecified atom stereocenters. The van der Waals surface area contributed by atoms with Crippen LogP contribution in [0.1, 0.15) is 26.2 Å². The molecular formula is C15H21N3O4. The molecule has 7 heteroatoms. The quantitative estimate of drug-likeness (QED) is 0.442. The van der Waals surface area contributed by atoms with Gasteiger partial charge in [-0.3, -0.25) is 14.4 Å². The molecule has 1 rings (SSSR count). The van der Waals surface area contributed by atoms with Crippen molar-refractivity contribution < 1.29 is 19.5 Å². The lowest BCUT2D eigenvalue weighted by atomic mass is 10.2. The van der Waals surface area contributed by atoms with Crippen molar-refractivity contribution in [2.24, 2.45) is 0 Å². The fourth-order valence-electron chi connectivity index (χ4n) is 1.72. The Morgan fingerprint density at radius 3 is 2.05 bits per heavy atom. The average molecular weight is 307 g/mol. The van der Waals surface area contributed by atoms with E-state index in [0.717, 1.165) is 6.42 Å². The molecule has 1 aromatic carbocycles. The number of rotatable bonds is 7. The second kappa shape index (κ2) is 9.51. The van der Waals surface area contributed by atoms with Crippen molar-refractivity contribution in [2.45, 2.75) is 26.2 Å². The van der Waals surface area contributed by atoms with Crippen LogP contribution in [0.3, 0.4) is 0 Å². The molecule has 0 radical (unpaired) electrons. The molecule has 0 heterocycles. The van der Waals surface area contributed by atoms with Crippen LogP contribution in [-0.2, 0) is 14.4 Å². The third-order valence-electron chi connectivity index (χ3n) is 2.79. The van der Waals surface area contributed by atoms with E-state index >= 15 is 0 Å². The first-order valence-electron chi connectivity index (χ1n) is 7.10. The fourth-order valence-corrected chi connectivity index (χ4v) is 1.72. The lowest BCUT2D eigenvalue weighted by Crippen LogP contribution is -2.35. The summed E-state index contributed by atoms with van der Waals surface area (Å²) in [4.78, 5) is 34.1. The molecule has 0 saturated carbocycles. The second-order valence-electron chi connectivity index (χ2n) is 4.75. The maximum atomic E-state index is 11.7. The Morgan fingerprint density at radius 2 is 1.50 bits per heavy atom. The van der Waals surface area contributed by atoms with E-state index < -0.39 is 11.8 Å². The first-order valence-corrected chi connectivity index (χ1v) is 7.10. The number of carbonyl (C=O) groups is 3. The molecule has 0 aliphatic rings. The largest absolute Gasteiger partial charge is 0.396 e. The van der Waals surface area contributed by atoms with Gasteiger partial charge in [-0.15, -0.1) is 0 Å². The van der Waals surface area contributed by atoms with Crippen molar-refractivity contribution in [1.29, 1.82) is 0 Å². The lowest BCUT2D eigenvalue weighted by Gasteiger charge is -2.07. The van der Waals surface area contributed by atoms with Crippen LogP contribution in [-0.4, -0.2) is 36.0 Å². The summed E-state index contributed by atoms with van der Waals surface area (Å²) in [6.45, 7) is 1.93. The normalized spacial score (nSPS) is 9.91. The molecule has 0 spiro atoms. The molecule has 0 fully saturated rings. The molecule has 4 N–H and O–H groups in total. The zero-order valence-corrected chi connectivity index (χ0v) is 12.5. The Kier molecular flexibility index (Phi) is 7.63. The minimum atomic E-state index is -0.741. The smallest absolute Gasteiger partial charge is 0.313 e. The Hall–Kier alpha value is -2.41.